The molecule has 0 bridgehead atoms. The van der Waals surface area contributed by atoms with E-state index in [0.717, 1.165) is 29.6 Å². The Labute approximate surface area is 122 Å². The van der Waals surface area contributed by atoms with Crippen molar-refractivity contribution >= 4 is 33.6 Å². The standard InChI is InChI=1S/C16H17N3S/c1-19(10-8-12-4-3-11-20-12)15-7-9-18-16-13(15)5-2-6-14(16)17/h2-7,9,11H,8,10,17H2,1H3. The third kappa shape index (κ3) is 2.47. The van der Waals surface area contributed by atoms with Crippen LogP contribution in [0.2, 0.25) is 0 Å². The number of nitrogens with zero attached hydrogens (tertiary/aromatic N) is 2. The lowest BCUT2D eigenvalue weighted by Crippen LogP contribution is -2.20. The van der Waals surface area contributed by atoms with E-state index < -0.39 is 0 Å². The molecule has 1 aromatic carbocycles. The van der Waals surface area contributed by atoms with E-state index in [0.29, 0.717) is 0 Å². The number of hydrogen-bond acceptors (Lipinski definition) is 4. The average Bonchev–Trinajstić information content (AvgIpc) is 2.98. The van der Waals surface area contributed by atoms with Gasteiger partial charge < -0.3 is 10.6 Å². The highest BCUT2D eigenvalue weighted by Gasteiger charge is 2.08. The van der Waals surface area contributed by atoms with Crippen LogP contribution in [0.4, 0.5) is 11.4 Å². The fourth-order valence-corrected chi connectivity index (χ4v) is 3.07. The minimum absolute atomic E-state index is 0.732. The van der Waals surface area contributed by atoms with E-state index in [1.165, 1.54) is 10.6 Å². The molecule has 2 heterocycles. The lowest BCUT2D eigenvalue weighted by molar-refractivity contribution is 0.890. The first-order valence-electron chi connectivity index (χ1n) is 6.62. The maximum atomic E-state index is 6.00. The molecule has 0 unspecified atom stereocenters. The molecule has 0 aliphatic heterocycles. The molecule has 20 heavy (non-hydrogen) atoms. The monoisotopic (exact) mass is 283 g/mol. The van der Waals surface area contributed by atoms with Gasteiger partial charge in [-0.25, -0.2) is 0 Å². The fraction of sp³-hybridized carbons (Fsp3) is 0.188. The van der Waals surface area contributed by atoms with Crippen molar-refractivity contribution in [3.63, 3.8) is 0 Å². The molecule has 0 amide bonds. The number of likely N-dealkylation sites (N-methyl/N-ethyl adjacent to an activating group) is 1. The molecule has 3 nitrogen and oxygen atoms in total. The van der Waals surface area contributed by atoms with Gasteiger partial charge in [-0.1, -0.05) is 18.2 Å². The molecule has 0 fully saturated rings. The van der Waals surface area contributed by atoms with Crippen LogP contribution < -0.4 is 10.6 Å². The quantitative estimate of drug-likeness (QED) is 0.744. The first-order chi connectivity index (χ1) is 9.75. The van der Waals surface area contributed by atoms with Crippen LogP contribution in [0.15, 0.2) is 48.0 Å². The Morgan fingerprint density at radius 2 is 2.10 bits per heavy atom. The third-order valence-electron chi connectivity index (χ3n) is 3.46. The molecule has 0 aliphatic rings. The Bertz CT molecular complexity index is 707. The maximum absolute atomic E-state index is 6.00. The molecule has 3 rings (SSSR count). The summed E-state index contributed by atoms with van der Waals surface area (Å²) in [7, 11) is 2.12. The smallest absolute Gasteiger partial charge is 0.0951 e. The molecule has 2 N–H and O–H groups in total. The summed E-state index contributed by atoms with van der Waals surface area (Å²) < 4.78 is 0. The summed E-state index contributed by atoms with van der Waals surface area (Å²) in [5.74, 6) is 0. The van der Waals surface area contributed by atoms with Gasteiger partial charge >= 0.3 is 0 Å². The topological polar surface area (TPSA) is 42.2 Å². The Morgan fingerprint density at radius 3 is 2.90 bits per heavy atom. The van der Waals surface area contributed by atoms with Gasteiger partial charge in [0, 0.05) is 35.7 Å². The van der Waals surface area contributed by atoms with Crippen LogP contribution in [-0.4, -0.2) is 18.6 Å². The number of para-hydroxylation sites is 1. The van der Waals surface area contributed by atoms with Crippen LogP contribution in [0, 0.1) is 0 Å². The van der Waals surface area contributed by atoms with Crippen molar-refractivity contribution in [2.75, 3.05) is 24.2 Å². The average molecular weight is 283 g/mol. The van der Waals surface area contributed by atoms with Gasteiger partial charge in [-0.05, 0) is 30.0 Å². The van der Waals surface area contributed by atoms with Crippen LogP contribution in [0.3, 0.4) is 0 Å². The lowest BCUT2D eigenvalue weighted by Gasteiger charge is -2.21. The van der Waals surface area contributed by atoms with E-state index in [4.69, 9.17) is 5.73 Å². The third-order valence-corrected chi connectivity index (χ3v) is 4.40. The number of hydrogen-bond donors (Lipinski definition) is 1. The largest absolute Gasteiger partial charge is 0.397 e. The summed E-state index contributed by atoms with van der Waals surface area (Å²) in [5, 5.41) is 3.24. The molecule has 0 saturated carbocycles. The summed E-state index contributed by atoms with van der Waals surface area (Å²) in [5.41, 5.74) is 8.79. The molecule has 3 aromatic rings. The zero-order valence-corrected chi connectivity index (χ0v) is 12.2. The fourth-order valence-electron chi connectivity index (χ4n) is 2.37. The second-order valence-corrected chi connectivity index (χ2v) is 5.86. The van der Waals surface area contributed by atoms with Crippen molar-refractivity contribution in [2.45, 2.75) is 6.42 Å². The summed E-state index contributed by atoms with van der Waals surface area (Å²) >= 11 is 1.81. The Balaban J connectivity index is 1.87. The minimum Gasteiger partial charge on any atom is -0.397 e. The Kier molecular flexibility index (Phi) is 3.56. The number of anilines is 2. The number of aromatic nitrogens is 1. The van der Waals surface area contributed by atoms with Gasteiger partial charge in [0.2, 0.25) is 0 Å². The van der Waals surface area contributed by atoms with Gasteiger partial charge in [0.25, 0.3) is 0 Å². The lowest BCUT2D eigenvalue weighted by atomic mass is 10.1. The van der Waals surface area contributed by atoms with E-state index >= 15 is 0 Å². The van der Waals surface area contributed by atoms with Crippen LogP contribution in [-0.2, 0) is 6.42 Å². The second kappa shape index (κ2) is 5.51. The van der Waals surface area contributed by atoms with E-state index in [-0.39, 0.29) is 0 Å². The summed E-state index contributed by atoms with van der Waals surface area (Å²) in [6, 6.07) is 12.3. The molecule has 0 aliphatic carbocycles. The normalized spacial score (nSPS) is 10.8. The van der Waals surface area contributed by atoms with Gasteiger partial charge in [-0.2, -0.15) is 0 Å². The predicted molar refractivity (Wildman–Crippen MR) is 87.4 cm³/mol. The molecule has 0 atom stereocenters. The zero-order chi connectivity index (χ0) is 13.9. The number of fused-ring (bicyclic) bond motifs is 1. The van der Waals surface area contributed by atoms with Gasteiger partial charge in [-0.15, -0.1) is 11.3 Å². The first kappa shape index (κ1) is 12.9. The van der Waals surface area contributed by atoms with Crippen molar-refractivity contribution in [2.24, 2.45) is 0 Å². The molecular weight excluding hydrogens is 266 g/mol. The molecule has 0 spiro atoms. The maximum Gasteiger partial charge on any atom is 0.0951 e. The van der Waals surface area contributed by atoms with Gasteiger partial charge in [0.15, 0.2) is 0 Å². The van der Waals surface area contributed by atoms with Crippen molar-refractivity contribution in [3.8, 4) is 0 Å². The number of thiophene rings is 1. The number of pyridine rings is 1. The van der Waals surface area contributed by atoms with E-state index in [2.05, 4.69) is 46.6 Å². The van der Waals surface area contributed by atoms with E-state index in [9.17, 15) is 0 Å². The van der Waals surface area contributed by atoms with Crippen LogP contribution in [0.1, 0.15) is 4.88 Å². The predicted octanol–water partition coefficient (Wildman–Crippen LogP) is 3.56. The number of benzene rings is 1. The van der Waals surface area contributed by atoms with Crippen molar-refractivity contribution in [1.82, 2.24) is 4.98 Å². The SMILES string of the molecule is CN(CCc1cccs1)c1ccnc2c(N)cccc12. The summed E-state index contributed by atoms with van der Waals surface area (Å²) in [6.07, 6.45) is 2.88. The van der Waals surface area contributed by atoms with Gasteiger partial charge in [-0.3, -0.25) is 4.98 Å². The molecular formula is C16H17N3S. The number of nitrogens with two attached hydrogens (primary N) is 1. The van der Waals surface area contributed by atoms with E-state index in [1.807, 2.05) is 29.7 Å². The Hall–Kier alpha value is -2.07. The minimum atomic E-state index is 0.732. The first-order valence-corrected chi connectivity index (χ1v) is 7.50. The van der Waals surface area contributed by atoms with Crippen molar-refractivity contribution in [1.29, 1.82) is 0 Å². The van der Waals surface area contributed by atoms with E-state index in [1.54, 1.807) is 0 Å². The molecule has 0 saturated heterocycles. The second-order valence-electron chi connectivity index (χ2n) is 4.82. The van der Waals surface area contributed by atoms with Gasteiger partial charge in [0.1, 0.15) is 0 Å². The molecule has 2 aromatic heterocycles. The number of nitrogen functional groups attached to an aromatic ring is 1. The van der Waals surface area contributed by atoms with Crippen LogP contribution >= 0.6 is 11.3 Å². The highest BCUT2D eigenvalue weighted by Crippen LogP contribution is 2.27. The van der Waals surface area contributed by atoms with Crippen molar-refractivity contribution in [3.05, 3.63) is 52.9 Å². The summed E-state index contributed by atoms with van der Waals surface area (Å²) in [4.78, 5) is 8.06. The van der Waals surface area contributed by atoms with Crippen molar-refractivity contribution < 1.29 is 0 Å². The Morgan fingerprint density at radius 1 is 1.20 bits per heavy atom. The highest BCUT2D eigenvalue weighted by atomic mass is 32.1. The zero-order valence-electron chi connectivity index (χ0n) is 11.4. The highest BCUT2D eigenvalue weighted by molar-refractivity contribution is 7.09. The van der Waals surface area contributed by atoms with Crippen LogP contribution in [0.25, 0.3) is 10.9 Å². The van der Waals surface area contributed by atoms with Gasteiger partial charge in [0.05, 0.1) is 11.2 Å². The summed E-state index contributed by atoms with van der Waals surface area (Å²) in [6.45, 7) is 0.981. The number of rotatable bonds is 4. The molecule has 0 radical (unpaired) electrons. The van der Waals surface area contributed by atoms with Crippen LogP contribution in [0.5, 0.6) is 0 Å². The molecule has 102 valence electrons. The molecule has 4 heteroatoms.